The van der Waals surface area contributed by atoms with Gasteiger partial charge in [-0.25, -0.2) is 9.97 Å². The van der Waals surface area contributed by atoms with E-state index in [4.69, 9.17) is 11.6 Å². The van der Waals surface area contributed by atoms with E-state index >= 15 is 0 Å². The van der Waals surface area contributed by atoms with E-state index in [9.17, 15) is 4.79 Å². The molecule has 1 amide bonds. The molecule has 0 saturated carbocycles. The zero-order chi connectivity index (χ0) is 15.6. The zero-order valence-corrected chi connectivity index (χ0v) is 14.1. The minimum atomic E-state index is -0.270. The van der Waals surface area contributed by atoms with Crippen LogP contribution < -0.4 is 5.32 Å². The summed E-state index contributed by atoms with van der Waals surface area (Å²) in [5.74, 6) is 0.497. The molecular weight excluding hydrogens is 306 g/mol. The molecular formula is C15H18ClN3OS. The summed E-state index contributed by atoms with van der Waals surface area (Å²) in [6.45, 7) is 8.56. The molecule has 0 saturated heterocycles. The van der Waals surface area contributed by atoms with E-state index in [-0.39, 0.29) is 22.5 Å². The number of halogens is 1. The van der Waals surface area contributed by atoms with E-state index in [2.05, 4.69) is 35.2 Å². The standard InChI is InChI=1S/C15H18ClN3OS/c1-8(2)14-17-7-12(16)13(19-14)15(20)18-6-11-5-9(3)10(4)21-11/h5,7-8H,6H2,1-4H3,(H,18,20). The van der Waals surface area contributed by atoms with Crippen molar-refractivity contribution in [1.82, 2.24) is 15.3 Å². The average Bonchev–Trinajstić information content (AvgIpc) is 2.75. The molecule has 21 heavy (non-hydrogen) atoms. The number of amides is 1. The highest BCUT2D eigenvalue weighted by molar-refractivity contribution is 7.12. The number of aromatic nitrogens is 2. The first-order valence-corrected chi connectivity index (χ1v) is 7.94. The van der Waals surface area contributed by atoms with Gasteiger partial charge in [0.05, 0.1) is 17.8 Å². The Hall–Kier alpha value is -1.46. The molecule has 0 aliphatic heterocycles. The first kappa shape index (κ1) is 15.9. The van der Waals surface area contributed by atoms with Crippen molar-refractivity contribution in [3.8, 4) is 0 Å². The van der Waals surface area contributed by atoms with E-state index in [0.717, 1.165) is 4.88 Å². The van der Waals surface area contributed by atoms with Crippen LogP contribution in [0, 0.1) is 13.8 Å². The number of hydrogen-bond acceptors (Lipinski definition) is 4. The van der Waals surface area contributed by atoms with Gasteiger partial charge in [-0.2, -0.15) is 0 Å². The van der Waals surface area contributed by atoms with Gasteiger partial charge in [0.25, 0.3) is 5.91 Å². The molecule has 0 fully saturated rings. The molecule has 0 spiro atoms. The number of hydrogen-bond donors (Lipinski definition) is 1. The summed E-state index contributed by atoms with van der Waals surface area (Å²) in [4.78, 5) is 23.0. The molecule has 112 valence electrons. The zero-order valence-electron chi connectivity index (χ0n) is 12.5. The van der Waals surface area contributed by atoms with Crippen LogP contribution in [0.4, 0.5) is 0 Å². The Bertz CT molecular complexity index is 647. The van der Waals surface area contributed by atoms with Gasteiger partial charge < -0.3 is 5.32 Å². The Morgan fingerprint density at radius 3 is 2.71 bits per heavy atom. The third kappa shape index (κ3) is 3.80. The Kier molecular flexibility index (Phi) is 4.96. The fraction of sp³-hybridized carbons (Fsp3) is 0.400. The summed E-state index contributed by atoms with van der Waals surface area (Å²) in [6.07, 6.45) is 1.48. The van der Waals surface area contributed by atoms with Crippen molar-refractivity contribution in [2.24, 2.45) is 0 Å². The fourth-order valence-corrected chi connectivity index (χ4v) is 2.98. The first-order chi connectivity index (χ1) is 9.88. The SMILES string of the molecule is Cc1cc(CNC(=O)c2nc(C(C)C)ncc2Cl)sc1C. The Morgan fingerprint density at radius 2 is 2.14 bits per heavy atom. The number of carbonyl (C=O) groups excluding carboxylic acids is 1. The molecule has 0 aliphatic rings. The predicted octanol–water partition coefficient (Wildman–Crippen LogP) is 3.86. The lowest BCUT2D eigenvalue weighted by atomic mass is 10.2. The summed E-state index contributed by atoms with van der Waals surface area (Å²) in [7, 11) is 0. The maximum absolute atomic E-state index is 12.2. The van der Waals surface area contributed by atoms with Gasteiger partial charge >= 0.3 is 0 Å². The molecule has 2 rings (SSSR count). The summed E-state index contributed by atoms with van der Waals surface area (Å²) >= 11 is 7.71. The molecule has 1 N–H and O–H groups in total. The van der Waals surface area contributed by atoms with Gasteiger partial charge in [0, 0.05) is 15.7 Å². The normalized spacial score (nSPS) is 11.0. The summed E-state index contributed by atoms with van der Waals surface area (Å²) in [6, 6.07) is 2.08. The van der Waals surface area contributed by atoms with Crippen molar-refractivity contribution in [3.05, 3.63) is 44.1 Å². The third-order valence-corrected chi connectivity index (χ3v) is 4.56. The fourth-order valence-electron chi connectivity index (χ4n) is 1.81. The van der Waals surface area contributed by atoms with Gasteiger partial charge in [-0.05, 0) is 25.5 Å². The molecule has 4 nitrogen and oxygen atoms in total. The van der Waals surface area contributed by atoms with Crippen LogP contribution in [0.2, 0.25) is 5.02 Å². The third-order valence-electron chi connectivity index (χ3n) is 3.13. The lowest BCUT2D eigenvalue weighted by molar-refractivity contribution is 0.0946. The van der Waals surface area contributed by atoms with Crippen LogP contribution in [0.25, 0.3) is 0 Å². The van der Waals surface area contributed by atoms with Crippen molar-refractivity contribution in [1.29, 1.82) is 0 Å². The Labute approximate surface area is 133 Å². The summed E-state index contributed by atoms with van der Waals surface area (Å²) in [5, 5.41) is 3.13. The highest BCUT2D eigenvalue weighted by Crippen LogP contribution is 2.21. The second-order valence-corrected chi connectivity index (χ2v) is 6.96. The van der Waals surface area contributed by atoms with Gasteiger partial charge in [0.1, 0.15) is 11.5 Å². The topological polar surface area (TPSA) is 54.9 Å². The van der Waals surface area contributed by atoms with Crippen LogP contribution in [0.15, 0.2) is 12.3 Å². The van der Waals surface area contributed by atoms with Crippen LogP contribution in [-0.2, 0) is 6.54 Å². The maximum Gasteiger partial charge on any atom is 0.271 e. The molecule has 6 heteroatoms. The largest absolute Gasteiger partial charge is 0.346 e. The van der Waals surface area contributed by atoms with Crippen molar-refractivity contribution < 1.29 is 4.79 Å². The van der Waals surface area contributed by atoms with Crippen LogP contribution in [-0.4, -0.2) is 15.9 Å². The lowest BCUT2D eigenvalue weighted by Gasteiger charge is -2.08. The van der Waals surface area contributed by atoms with Crippen molar-refractivity contribution in [2.45, 2.75) is 40.2 Å². The average molecular weight is 324 g/mol. The van der Waals surface area contributed by atoms with E-state index in [1.807, 2.05) is 13.8 Å². The first-order valence-electron chi connectivity index (χ1n) is 6.75. The molecule has 2 aromatic rings. The van der Waals surface area contributed by atoms with E-state index in [0.29, 0.717) is 12.4 Å². The van der Waals surface area contributed by atoms with E-state index in [1.165, 1.54) is 16.6 Å². The number of nitrogens with one attached hydrogen (secondary N) is 1. The van der Waals surface area contributed by atoms with Crippen LogP contribution in [0.1, 0.15) is 51.4 Å². The summed E-state index contributed by atoms with van der Waals surface area (Å²) < 4.78 is 0. The summed E-state index contributed by atoms with van der Waals surface area (Å²) in [5.41, 5.74) is 1.48. The monoisotopic (exact) mass is 323 g/mol. The van der Waals surface area contributed by atoms with Gasteiger partial charge in [-0.15, -0.1) is 11.3 Å². The second-order valence-electron chi connectivity index (χ2n) is 5.21. The smallest absolute Gasteiger partial charge is 0.271 e. The van der Waals surface area contributed by atoms with Gasteiger partial charge in [0.2, 0.25) is 0 Å². The highest BCUT2D eigenvalue weighted by atomic mass is 35.5. The van der Waals surface area contributed by atoms with Gasteiger partial charge in [0.15, 0.2) is 0 Å². The number of aryl methyl sites for hydroxylation is 2. The molecule has 2 aromatic heterocycles. The molecule has 2 heterocycles. The Morgan fingerprint density at radius 1 is 1.43 bits per heavy atom. The Balaban J connectivity index is 2.11. The lowest BCUT2D eigenvalue weighted by Crippen LogP contribution is -2.24. The molecule has 0 bridgehead atoms. The number of carbonyl (C=O) groups is 1. The molecule has 0 aromatic carbocycles. The minimum Gasteiger partial charge on any atom is -0.346 e. The quantitative estimate of drug-likeness (QED) is 0.929. The van der Waals surface area contributed by atoms with Gasteiger partial charge in [-0.3, -0.25) is 4.79 Å². The highest BCUT2D eigenvalue weighted by Gasteiger charge is 2.15. The van der Waals surface area contributed by atoms with Gasteiger partial charge in [-0.1, -0.05) is 25.4 Å². The van der Waals surface area contributed by atoms with Crippen LogP contribution >= 0.6 is 22.9 Å². The van der Waals surface area contributed by atoms with E-state index < -0.39 is 0 Å². The number of nitrogens with zero attached hydrogens (tertiary/aromatic N) is 2. The van der Waals surface area contributed by atoms with Crippen LogP contribution in [0.3, 0.4) is 0 Å². The minimum absolute atomic E-state index is 0.149. The van der Waals surface area contributed by atoms with Crippen LogP contribution in [0.5, 0.6) is 0 Å². The maximum atomic E-state index is 12.2. The second kappa shape index (κ2) is 6.54. The molecule has 0 unspecified atom stereocenters. The van der Waals surface area contributed by atoms with Crippen molar-refractivity contribution in [2.75, 3.05) is 0 Å². The van der Waals surface area contributed by atoms with Crippen molar-refractivity contribution in [3.63, 3.8) is 0 Å². The number of thiophene rings is 1. The molecule has 0 atom stereocenters. The molecule has 0 radical (unpaired) electrons. The molecule has 0 aliphatic carbocycles. The van der Waals surface area contributed by atoms with E-state index in [1.54, 1.807) is 11.3 Å². The van der Waals surface area contributed by atoms with Crippen molar-refractivity contribution >= 4 is 28.8 Å². The number of rotatable bonds is 4. The predicted molar refractivity (Wildman–Crippen MR) is 86.1 cm³/mol.